The van der Waals surface area contributed by atoms with Crippen LogP contribution in [0.4, 0.5) is 5.69 Å². The highest BCUT2D eigenvalue weighted by atomic mass is 16.6. The molecule has 29 heavy (non-hydrogen) atoms. The van der Waals surface area contributed by atoms with Gasteiger partial charge in [0, 0.05) is 18.2 Å². The standard InChI is InChI=1S/C20H18N2O7/c23-19(21-11-16-12-27-17-3-1-2-4-18(17)29-16)13-28-20(24)10-7-14-5-8-15(9-6-14)22(25)26/h1-10,16H,11-13H2,(H,21,23)/b10-7+/t16-/m0/s1. The minimum absolute atomic E-state index is 0.0442. The maximum absolute atomic E-state index is 11.8. The van der Waals surface area contributed by atoms with Gasteiger partial charge in [-0.25, -0.2) is 4.79 Å². The summed E-state index contributed by atoms with van der Waals surface area (Å²) < 4.78 is 16.1. The second kappa shape index (κ2) is 9.36. The third kappa shape index (κ3) is 5.80. The molecule has 1 heterocycles. The van der Waals surface area contributed by atoms with Crippen molar-refractivity contribution >= 4 is 23.6 Å². The van der Waals surface area contributed by atoms with Crippen LogP contribution < -0.4 is 14.8 Å². The number of nitrogens with one attached hydrogen (secondary N) is 1. The fraction of sp³-hybridized carbons (Fsp3) is 0.200. The number of amides is 1. The van der Waals surface area contributed by atoms with E-state index in [4.69, 9.17) is 14.2 Å². The number of rotatable bonds is 7. The van der Waals surface area contributed by atoms with Crippen LogP contribution in [0.5, 0.6) is 11.5 Å². The van der Waals surface area contributed by atoms with E-state index in [9.17, 15) is 19.7 Å². The number of nitro benzene ring substituents is 1. The van der Waals surface area contributed by atoms with Gasteiger partial charge < -0.3 is 19.5 Å². The van der Waals surface area contributed by atoms with Gasteiger partial charge in [-0.2, -0.15) is 0 Å². The molecule has 150 valence electrons. The Bertz CT molecular complexity index is 925. The van der Waals surface area contributed by atoms with Gasteiger partial charge in [-0.3, -0.25) is 14.9 Å². The van der Waals surface area contributed by atoms with Gasteiger partial charge in [0.25, 0.3) is 11.6 Å². The summed E-state index contributed by atoms with van der Waals surface area (Å²) in [5, 5.41) is 13.2. The maximum atomic E-state index is 11.8. The molecule has 2 aromatic rings. The zero-order chi connectivity index (χ0) is 20.6. The van der Waals surface area contributed by atoms with Crippen molar-refractivity contribution in [1.29, 1.82) is 0 Å². The average Bonchev–Trinajstić information content (AvgIpc) is 2.75. The summed E-state index contributed by atoms with van der Waals surface area (Å²) in [6.07, 6.45) is 2.24. The number of ether oxygens (including phenoxy) is 3. The second-order valence-electron chi connectivity index (χ2n) is 6.09. The molecular formula is C20H18N2O7. The molecule has 0 aromatic heterocycles. The Labute approximate surface area is 166 Å². The second-order valence-corrected chi connectivity index (χ2v) is 6.09. The number of para-hydroxylation sites is 2. The molecule has 0 unspecified atom stereocenters. The summed E-state index contributed by atoms with van der Waals surface area (Å²) in [5.41, 5.74) is 0.545. The lowest BCUT2D eigenvalue weighted by atomic mass is 10.2. The number of hydrogen-bond acceptors (Lipinski definition) is 7. The molecule has 0 fully saturated rings. The van der Waals surface area contributed by atoms with Crippen molar-refractivity contribution in [2.45, 2.75) is 6.10 Å². The molecule has 3 rings (SSSR count). The van der Waals surface area contributed by atoms with E-state index < -0.39 is 23.4 Å². The molecule has 9 heteroatoms. The predicted octanol–water partition coefficient (Wildman–Crippen LogP) is 2.11. The highest BCUT2D eigenvalue weighted by Gasteiger charge is 2.21. The maximum Gasteiger partial charge on any atom is 0.331 e. The van der Waals surface area contributed by atoms with Crippen LogP contribution in [0.25, 0.3) is 6.08 Å². The molecule has 1 aliphatic rings. The number of non-ortho nitro benzene ring substituents is 1. The van der Waals surface area contributed by atoms with Crippen molar-refractivity contribution in [3.05, 3.63) is 70.3 Å². The van der Waals surface area contributed by atoms with Crippen LogP contribution in [-0.2, 0) is 14.3 Å². The van der Waals surface area contributed by atoms with E-state index in [-0.39, 0.29) is 18.3 Å². The van der Waals surface area contributed by atoms with Gasteiger partial charge >= 0.3 is 5.97 Å². The molecule has 0 aliphatic carbocycles. The van der Waals surface area contributed by atoms with Crippen LogP contribution in [0, 0.1) is 10.1 Å². The van der Waals surface area contributed by atoms with E-state index in [2.05, 4.69) is 5.32 Å². The summed E-state index contributed by atoms with van der Waals surface area (Å²) >= 11 is 0. The first-order valence-corrected chi connectivity index (χ1v) is 8.76. The van der Waals surface area contributed by atoms with Crippen LogP contribution in [-0.4, -0.2) is 42.7 Å². The summed E-state index contributed by atoms with van der Waals surface area (Å²) in [6.45, 7) is 0.0754. The van der Waals surface area contributed by atoms with Crippen molar-refractivity contribution in [2.24, 2.45) is 0 Å². The molecule has 1 aliphatic heterocycles. The van der Waals surface area contributed by atoms with Crippen LogP contribution in [0.15, 0.2) is 54.6 Å². The Morgan fingerprint density at radius 1 is 1.17 bits per heavy atom. The van der Waals surface area contributed by atoms with Gasteiger partial charge in [0.05, 0.1) is 11.5 Å². The molecule has 1 amide bonds. The Morgan fingerprint density at radius 2 is 1.90 bits per heavy atom. The first-order valence-electron chi connectivity index (χ1n) is 8.76. The number of benzene rings is 2. The number of carbonyl (C=O) groups excluding carboxylic acids is 2. The fourth-order valence-corrected chi connectivity index (χ4v) is 2.50. The quantitative estimate of drug-likeness (QED) is 0.328. The predicted molar refractivity (Wildman–Crippen MR) is 102 cm³/mol. The molecule has 0 saturated carbocycles. The van der Waals surface area contributed by atoms with Crippen LogP contribution in [0.1, 0.15) is 5.56 Å². The number of fused-ring (bicyclic) bond motifs is 1. The van der Waals surface area contributed by atoms with Crippen LogP contribution in [0.3, 0.4) is 0 Å². The Morgan fingerprint density at radius 3 is 2.62 bits per heavy atom. The topological polar surface area (TPSA) is 117 Å². The summed E-state index contributed by atoms with van der Waals surface area (Å²) in [4.78, 5) is 33.6. The SMILES string of the molecule is O=C(COC(=O)/C=C/c1ccc([N+](=O)[O-])cc1)NC[C@H]1COc2ccccc2O1. The summed E-state index contributed by atoms with van der Waals surface area (Å²) in [7, 11) is 0. The van der Waals surface area contributed by atoms with E-state index in [1.165, 1.54) is 30.3 Å². The minimum Gasteiger partial charge on any atom is -0.486 e. The van der Waals surface area contributed by atoms with Crippen molar-refractivity contribution in [2.75, 3.05) is 19.8 Å². The van der Waals surface area contributed by atoms with Gasteiger partial charge in [-0.05, 0) is 35.9 Å². The Kier molecular flexibility index (Phi) is 6.41. The first-order chi connectivity index (χ1) is 14.0. The van der Waals surface area contributed by atoms with E-state index in [1.54, 1.807) is 12.1 Å². The van der Waals surface area contributed by atoms with E-state index in [0.717, 1.165) is 6.08 Å². The number of nitro groups is 1. The number of hydrogen-bond donors (Lipinski definition) is 1. The lowest BCUT2D eigenvalue weighted by Gasteiger charge is -2.26. The highest BCUT2D eigenvalue weighted by molar-refractivity contribution is 5.89. The van der Waals surface area contributed by atoms with E-state index in [1.807, 2.05) is 12.1 Å². The molecule has 0 spiro atoms. The fourth-order valence-electron chi connectivity index (χ4n) is 2.50. The van der Waals surface area contributed by atoms with E-state index in [0.29, 0.717) is 23.7 Å². The molecule has 0 saturated heterocycles. The summed E-state index contributed by atoms with van der Waals surface area (Å²) in [6, 6.07) is 12.9. The molecule has 1 N–H and O–H groups in total. The first kappa shape index (κ1) is 19.9. The van der Waals surface area contributed by atoms with Crippen LogP contribution in [0.2, 0.25) is 0 Å². The third-order valence-corrected chi connectivity index (χ3v) is 3.96. The van der Waals surface area contributed by atoms with Crippen molar-refractivity contribution in [3.63, 3.8) is 0 Å². The summed E-state index contributed by atoms with van der Waals surface area (Å²) in [5.74, 6) is 0.0962. The average molecular weight is 398 g/mol. The monoisotopic (exact) mass is 398 g/mol. The lowest BCUT2D eigenvalue weighted by molar-refractivity contribution is -0.384. The molecule has 0 radical (unpaired) electrons. The number of carbonyl (C=O) groups is 2. The third-order valence-electron chi connectivity index (χ3n) is 3.96. The van der Waals surface area contributed by atoms with Gasteiger partial charge in [0.1, 0.15) is 12.7 Å². The minimum atomic E-state index is -0.704. The van der Waals surface area contributed by atoms with Gasteiger partial charge in [0.2, 0.25) is 0 Å². The van der Waals surface area contributed by atoms with Gasteiger partial charge in [-0.1, -0.05) is 12.1 Å². The Balaban J connectivity index is 1.38. The van der Waals surface area contributed by atoms with Gasteiger partial charge in [0.15, 0.2) is 18.1 Å². The van der Waals surface area contributed by atoms with Crippen molar-refractivity contribution in [3.8, 4) is 11.5 Å². The van der Waals surface area contributed by atoms with E-state index >= 15 is 0 Å². The molecule has 2 aromatic carbocycles. The van der Waals surface area contributed by atoms with Crippen molar-refractivity contribution in [1.82, 2.24) is 5.32 Å². The number of nitrogens with zero attached hydrogens (tertiary/aromatic N) is 1. The smallest absolute Gasteiger partial charge is 0.331 e. The molecule has 0 bridgehead atoms. The van der Waals surface area contributed by atoms with Crippen molar-refractivity contribution < 1.29 is 28.7 Å². The zero-order valence-electron chi connectivity index (χ0n) is 15.3. The number of esters is 1. The zero-order valence-corrected chi connectivity index (χ0v) is 15.3. The molecule has 1 atom stereocenters. The van der Waals surface area contributed by atoms with Crippen LogP contribution >= 0.6 is 0 Å². The lowest BCUT2D eigenvalue weighted by Crippen LogP contribution is -2.42. The Hall–Kier alpha value is -3.88. The molecule has 9 nitrogen and oxygen atoms in total. The normalized spacial score (nSPS) is 15.0. The van der Waals surface area contributed by atoms with Gasteiger partial charge in [-0.15, -0.1) is 0 Å². The highest BCUT2D eigenvalue weighted by Crippen LogP contribution is 2.30. The molecular weight excluding hydrogens is 380 g/mol. The largest absolute Gasteiger partial charge is 0.486 e.